The molecule has 0 aliphatic heterocycles. The number of pyridine rings is 1. The van der Waals surface area contributed by atoms with Gasteiger partial charge in [-0.3, -0.25) is 4.98 Å². The molecule has 1 atom stereocenters. The van der Waals surface area contributed by atoms with Crippen molar-refractivity contribution in [2.75, 3.05) is 5.73 Å². The first-order valence-corrected chi connectivity index (χ1v) is 5.86. The van der Waals surface area contributed by atoms with Crippen LogP contribution in [-0.4, -0.2) is 10.1 Å². The number of nitrogen functional groups attached to an aromatic ring is 1. The molecule has 0 spiro atoms. The van der Waals surface area contributed by atoms with Crippen molar-refractivity contribution in [1.29, 1.82) is 0 Å². The molecule has 0 saturated carbocycles. The van der Waals surface area contributed by atoms with Crippen molar-refractivity contribution in [1.82, 2.24) is 10.1 Å². The van der Waals surface area contributed by atoms with Crippen LogP contribution in [0.15, 0.2) is 29.0 Å². The average Bonchev–Trinajstić information content (AvgIpc) is 2.71. The lowest BCUT2D eigenvalue weighted by Gasteiger charge is -2.06. The molecular formula is C13H17N3O. The van der Waals surface area contributed by atoms with E-state index in [1.807, 2.05) is 12.1 Å². The smallest absolute Gasteiger partial charge is 0.175 e. The third kappa shape index (κ3) is 2.46. The fraction of sp³-hybridized carbons (Fsp3) is 0.385. The van der Waals surface area contributed by atoms with Crippen LogP contribution in [0.4, 0.5) is 5.82 Å². The molecule has 1 unspecified atom stereocenters. The monoisotopic (exact) mass is 231 g/mol. The Kier molecular flexibility index (Phi) is 3.42. The summed E-state index contributed by atoms with van der Waals surface area (Å²) in [5.41, 5.74) is 7.71. The highest BCUT2D eigenvalue weighted by atomic mass is 16.5. The zero-order valence-corrected chi connectivity index (χ0v) is 10.2. The molecule has 0 aromatic carbocycles. The third-order valence-electron chi connectivity index (χ3n) is 2.97. The van der Waals surface area contributed by atoms with Gasteiger partial charge in [0.2, 0.25) is 0 Å². The predicted octanol–water partition coefficient (Wildman–Crippen LogP) is 2.91. The Morgan fingerprint density at radius 1 is 1.47 bits per heavy atom. The van der Waals surface area contributed by atoms with E-state index in [4.69, 9.17) is 10.3 Å². The summed E-state index contributed by atoms with van der Waals surface area (Å²) in [4.78, 5) is 4.10. The van der Waals surface area contributed by atoms with E-state index >= 15 is 0 Å². The summed E-state index contributed by atoms with van der Waals surface area (Å²) in [6, 6.07) is 3.85. The molecule has 0 radical (unpaired) electrons. The highest BCUT2D eigenvalue weighted by Crippen LogP contribution is 2.30. The van der Waals surface area contributed by atoms with Gasteiger partial charge in [-0.05, 0) is 12.0 Å². The molecule has 0 aliphatic rings. The van der Waals surface area contributed by atoms with Crippen molar-refractivity contribution in [2.24, 2.45) is 5.92 Å². The molecule has 0 fully saturated rings. The van der Waals surface area contributed by atoms with Gasteiger partial charge >= 0.3 is 0 Å². The van der Waals surface area contributed by atoms with Gasteiger partial charge in [0.25, 0.3) is 0 Å². The van der Waals surface area contributed by atoms with Gasteiger partial charge in [-0.15, -0.1) is 0 Å². The Bertz CT molecular complexity index is 479. The first-order chi connectivity index (χ1) is 8.22. The summed E-state index contributed by atoms with van der Waals surface area (Å²) in [5, 5.41) is 3.86. The maximum Gasteiger partial charge on any atom is 0.175 e. The van der Waals surface area contributed by atoms with E-state index in [1.54, 1.807) is 12.4 Å². The summed E-state index contributed by atoms with van der Waals surface area (Å²) in [5.74, 6) is 1.85. The van der Waals surface area contributed by atoms with Crippen LogP contribution in [0, 0.1) is 5.92 Å². The van der Waals surface area contributed by atoms with Gasteiger partial charge in [0.15, 0.2) is 5.82 Å². The molecule has 2 aromatic rings. The second kappa shape index (κ2) is 4.99. The molecule has 0 aliphatic carbocycles. The maximum atomic E-state index is 5.86. The highest BCUT2D eigenvalue weighted by molar-refractivity contribution is 5.74. The Morgan fingerprint density at radius 2 is 2.29 bits per heavy atom. The number of hydrogen-bond acceptors (Lipinski definition) is 4. The minimum atomic E-state index is 0.441. The van der Waals surface area contributed by atoms with E-state index < -0.39 is 0 Å². The molecule has 90 valence electrons. The van der Waals surface area contributed by atoms with E-state index in [-0.39, 0.29) is 0 Å². The van der Waals surface area contributed by atoms with Gasteiger partial charge in [-0.25, -0.2) is 0 Å². The van der Waals surface area contributed by atoms with Gasteiger partial charge in [-0.1, -0.05) is 31.5 Å². The van der Waals surface area contributed by atoms with Crippen molar-refractivity contribution < 1.29 is 4.52 Å². The maximum absolute atomic E-state index is 5.86. The molecule has 2 heterocycles. The van der Waals surface area contributed by atoms with E-state index in [1.165, 1.54) is 0 Å². The molecule has 2 aromatic heterocycles. The predicted molar refractivity (Wildman–Crippen MR) is 67.3 cm³/mol. The van der Waals surface area contributed by atoms with Crippen LogP contribution < -0.4 is 5.73 Å². The first kappa shape index (κ1) is 11.6. The Morgan fingerprint density at radius 3 is 2.94 bits per heavy atom. The van der Waals surface area contributed by atoms with Gasteiger partial charge in [-0.2, -0.15) is 0 Å². The van der Waals surface area contributed by atoms with Crippen LogP contribution in [0.1, 0.15) is 26.0 Å². The fourth-order valence-corrected chi connectivity index (χ4v) is 1.76. The zero-order chi connectivity index (χ0) is 12.3. The topological polar surface area (TPSA) is 64.9 Å². The van der Waals surface area contributed by atoms with Crippen LogP contribution in [0.25, 0.3) is 11.1 Å². The minimum Gasteiger partial charge on any atom is -0.380 e. The number of nitrogens with two attached hydrogens (primary N) is 1. The van der Waals surface area contributed by atoms with Gasteiger partial charge in [0.05, 0.1) is 5.56 Å². The van der Waals surface area contributed by atoms with Crippen molar-refractivity contribution in [3.63, 3.8) is 0 Å². The van der Waals surface area contributed by atoms with Crippen molar-refractivity contribution in [3.05, 3.63) is 30.3 Å². The second-order valence-electron chi connectivity index (χ2n) is 4.33. The van der Waals surface area contributed by atoms with E-state index in [2.05, 4.69) is 24.0 Å². The van der Waals surface area contributed by atoms with Crippen molar-refractivity contribution in [3.8, 4) is 11.1 Å². The van der Waals surface area contributed by atoms with Crippen LogP contribution in [-0.2, 0) is 6.42 Å². The SMILES string of the molecule is CCC(C)Cc1onc(N)c1-c1cccnc1. The normalized spacial score (nSPS) is 12.6. The van der Waals surface area contributed by atoms with Crippen molar-refractivity contribution >= 4 is 5.82 Å². The van der Waals surface area contributed by atoms with Gasteiger partial charge in [0, 0.05) is 24.4 Å². The molecule has 4 heteroatoms. The second-order valence-corrected chi connectivity index (χ2v) is 4.33. The highest BCUT2D eigenvalue weighted by Gasteiger charge is 2.17. The summed E-state index contributed by atoms with van der Waals surface area (Å²) in [6.45, 7) is 4.35. The summed E-state index contributed by atoms with van der Waals surface area (Å²) >= 11 is 0. The molecular weight excluding hydrogens is 214 g/mol. The summed E-state index contributed by atoms with van der Waals surface area (Å²) < 4.78 is 5.32. The van der Waals surface area contributed by atoms with Gasteiger partial charge in [0.1, 0.15) is 5.76 Å². The lowest BCUT2D eigenvalue weighted by Crippen LogP contribution is -1.98. The summed E-state index contributed by atoms with van der Waals surface area (Å²) in [6.07, 6.45) is 5.47. The summed E-state index contributed by atoms with van der Waals surface area (Å²) in [7, 11) is 0. The number of aromatic nitrogens is 2. The van der Waals surface area contributed by atoms with Crippen LogP contribution in [0.5, 0.6) is 0 Å². The molecule has 0 saturated heterocycles. The molecule has 17 heavy (non-hydrogen) atoms. The number of nitrogens with zero attached hydrogens (tertiary/aromatic N) is 2. The lowest BCUT2D eigenvalue weighted by molar-refractivity contribution is 0.364. The molecule has 2 rings (SSSR count). The molecule has 0 amide bonds. The number of hydrogen-bond donors (Lipinski definition) is 1. The molecule has 2 N–H and O–H groups in total. The average molecular weight is 231 g/mol. The zero-order valence-electron chi connectivity index (χ0n) is 10.2. The Labute approximate surface area is 101 Å². The fourth-order valence-electron chi connectivity index (χ4n) is 1.76. The first-order valence-electron chi connectivity index (χ1n) is 5.86. The van der Waals surface area contributed by atoms with E-state index in [0.29, 0.717) is 11.7 Å². The molecule has 4 nitrogen and oxygen atoms in total. The minimum absolute atomic E-state index is 0.441. The quantitative estimate of drug-likeness (QED) is 0.878. The van der Waals surface area contributed by atoms with Crippen LogP contribution >= 0.6 is 0 Å². The van der Waals surface area contributed by atoms with Gasteiger partial charge < -0.3 is 10.3 Å². The van der Waals surface area contributed by atoms with Crippen molar-refractivity contribution in [2.45, 2.75) is 26.7 Å². The van der Waals surface area contributed by atoms with E-state index in [0.717, 1.165) is 29.7 Å². The number of rotatable bonds is 4. The largest absolute Gasteiger partial charge is 0.380 e. The molecule has 0 bridgehead atoms. The van der Waals surface area contributed by atoms with Crippen LogP contribution in [0.3, 0.4) is 0 Å². The Balaban J connectivity index is 2.36. The standard InChI is InChI=1S/C13H17N3O/c1-3-9(2)7-11-12(13(14)16-17-11)10-5-4-6-15-8-10/h4-6,8-9H,3,7H2,1-2H3,(H2,14,16). The van der Waals surface area contributed by atoms with Crippen LogP contribution in [0.2, 0.25) is 0 Å². The number of anilines is 1. The van der Waals surface area contributed by atoms with E-state index in [9.17, 15) is 0 Å². The Hall–Kier alpha value is -1.84. The lowest BCUT2D eigenvalue weighted by atomic mass is 9.98. The third-order valence-corrected chi connectivity index (χ3v) is 2.97.